The topological polar surface area (TPSA) is 77.5 Å². The molecule has 5 aliphatic rings. The van der Waals surface area contributed by atoms with Crippen LogP contribution in [0.5, 0.6) is 0 Å². The van der Waals surface area contributed by atoms with Crippen molar-refractivity contribution in [2.24, 2.45) is 55.7 Å². The zero-order chi connectivity index (χ0) is 28.3. The van der Waals surface area contributed by atoms with Gasteiger partial charge in [-0.1, -0.05) is 61.0 Å². The van der Waals surface area contributed by atoms with Crippen LogP contribution in [0.15, 0.2) is 11.6 Å². The summed E-state index contributed by atoms with van der Waals surface area (Å²) in [4.78, 5) is 53.6. The molecule has 5 aliphatic carbocycles. The molecule has 0 aromatic heterocycles. The van der Waals surface area contributed by atoms with Crippen LogP contribution >= 0.6 is 0 Å². The van der Waals surface area contributed by atoms with E-state index in [1.165, 1.54) is 7.11 Å². The van der Waals surface area contributed by atoms with Gasteiger partial charge in [-0.2, -0.15) is 0 Å². The zero-order valence-corrected chi connectivity index (χ0v) is 25.1. The predicted octanol–water partition coefficient (Wildman–Crippen LogP) is 6.52. The lowest BCUT2D eigenvalue weighted by Gasteiger charge is -2.72. The second-order valence-electron chi connectivity index (χ2n) is 16.0. The van der Waals surface area contributed by atoms with Crippen molar-refractivity contribution < 1.29 is 23.9 Å². The molecule has 0 spiro atoms. The third-order valence-corrected chi connectivity index (χ3v) is 13.5. The van der Waals surface area contributed by atoms with E-state index in [1.807, 2.05) is 19.9 Å². The van der Waals surface area contributed by atoms with Gasteiger partial charge in [0, 0.05) is 11.3 Å². The Labute approximate surface area is 228 Å². The summed E-state index contributed by atoms with van der Waals surface area (Å²) in [5.41, 5.74) is -1.58. The summed E-state index contributed by atoms with van der Waals surface area (Å²) in [5, 5.41) is 0. The SMILES string of the molecule is COC(=O)C12CCC(C)(C)CC1(C)C1C(=O)C=C3C4(C)CC(C=O)C(=O)C(C)(C)C4CCC3(C)C1(C)CC2. The summed E-state index contributed by atoms with van der Waals surface area (Å²) in [6.07, 6.45) is 9.11. The smallest absolute Gasteiger partial charge is 0.312 e. The van der Waals surface area contributed by atoms with Gasteiger partial charge < -0.3 is 9.53 Å². The Hall–Kier alpha value is -1.78. The molecule has 5 rings (SSSR count). The van der Waals surface area contributed by atoms with Crippen molar-refractivity contribution in [3.63, 3.8) is 0 Å². The van der Waals surface area contributed by atoms with Gasteiger partial charge in [-0.15, -0.1) is 0 Å². The number of ketones is 2. The molecule has 8 unspecified atom stereocenters. The largest absolute Gasteiger partial charge is 0.469 e. The average Bonchev–Trinajstić information content (AvgIpc) is 2.81. The van der Waals surface area contributed by atoms with Crippen molar-refractivity contribution in [1.29, 1.82) is 0 Å². The van der Waals surface area contributed by atoms with Gasteiger partial charge in [0.2, 0.25) is 0 Å². The minimum absolute atomic E-state index is 0.0320. The second-order valence-corrected chi connectivity index (χ2v) is 16.0. The Kier molecular flexibility index (Phi) is 5.78. The van der Waals surface area contributed by atoms with Crippen molar-refractivity contribution >= 4 is 23.8 Å². The summed E-state index contributed by atoms with van der Waals surface area (Å²) in [6.45, 7) is 17.6. The maximum atomic E-state index is 14.6. The van der Waals surface area contributed by atoms with Crippen LogP contribution in [0.25, 0.3) is 0 Å². The molecule has 5 heteroatoms. The van der Waals surface area contributed by atoms with Crippen molar-refractivity contribution in [1.82, 2.24) is 0 Å². The Morgan fingerprint density at radius 3 is 2.16 bits per heavy atom. The highest BCUT2D eigenvalue weighted by Gasteiger charge is 2.75. The number of carbonyl (C=O) groups excluding carboxylic acids is 4. The van der Waals surface area contributed by atoms with E-state index in [2.05, 4.69) is 41.5 Å². The van der Waals surface area contributed by atoms with Gasteiger partial charge in [-0.05, 0) is 90.4 Å². The van der Waals surface area contributed by atoms with Gasteiger partial charge in [0.15, 0.2) is 5.78 Å². The summed E-state index contributed by atoms with van der Waals surface area (Å²) in [6, 6.07) is 0. The van der Waals surface area contributed by atoms with Crippen molar-refractivity contribution in [2.75, 3.05) is 7.11 Å². The highest BCUT2D eigenvalue weighted by atomic mass is 16.5. The minimum atomic E-state index is -0.651. The molecule has 4 saturated carbocycles. The molecule has 0 aliphatic heterocycles. The number of fused-ring (bicyclic) bond motifs is 7. The van der Waals surface area contributed by atoms with Gasteiger partial charge in [-0.25, -0.2) is 0 Å². The molecule has 0 aromatic rings. The monoisotopic (exact) mass is 524 g/mol. The summed E-state index contributed by atoms with van der Waals surface area (Å²) in [7, 11) is 1.49. The van der Waals surface area contributed by atoms with Crippen LogP contribution in [-0.2, 0) is 23.9 Å². The molecule has 38 heavy (non-hydrogen) atoms. The average molecular weight is 525 g/mol. The fraction of sp³-hybridized carbons (Fsp3) is 0.818. The van der Waals surface area contributed by atoms with Crippen LogP contribution in [0, 0.1) is 55.7 Å². The number of ether oxygens (including phenoxy) is 1. The second kappa shape index (κ2) is 7.91. The van der Waals surface area contributed by atoms with Crippen LogP contribution in [0.1, 0.15) is 107 Å². The van der Waals surface area contributed by atoms with E-state index in [9.17, 15) is 19.2 Å². The number of methoxy groups -OCH3 is 1. The molecule has 0 heterocycles. The molecular formula is C33H48O5. The summed E-state index contributed by atoms with van der Waals surface area (Å²) in [5.74, 6) is -0.799. The Morgan fingerprint density at radius 1 is 0.921 bits per heavy atom. The molecule has 5 nitrogen and oxygen atoms in total. The minimum Gasteiger partial charge on any atom is -0.469 e. The Bertz CT molecular complexity index is 1150. The van der Waals surface area contributed by atoms with E-state index < -0.39 is 27.6 Å². The molecular weight excluding hydrogens is 476 g/mol. The number of allylic oxidation sites excluding steroid dienone is 2. The van der Waals surface area contributed by atoms with E-state index in [0.29, 0.717) is 6.42 Å². The van der Waals surface area contributed by atoms with Crippen molar-refractivity contribution in [3.05, 3.63) is 11.6 Å². The lowest BCUT2D eigenvalue weighted by atomic mass is 9.30. The number of esters is 1. The normalized spacial score (nSPS) is 49.0. The fourth-order valence-electron chi connectivity index (χ4n) is 11.6. The van der Waals surface area contributed by atoms with E-state index in [1.54, 1.807) is 0 Å². The zero-order valence-electron chi connectivity index (χ0n) is 25.1. The highest BCUT2D eigenvalue weighted by Crippen LogP contribution is 2.78. The number of hydrogen-bond acceptors (Lipinski definition) is 5. The lowest BCUT2D eigenvalue weighted by Crippen LogP contribution is -2.70. The van der Waals surface area contributed by atoms with E-state index in [0.717, 1.165) is 56.8 Å². The van der Waals surface area contributed by atoms with Crippen LogP contribution in [0.4, 0.5) is 0 Å². The third-order valence-electron chi connectivity index (χ3n) is 13.5. The summed E-state index contributed by atoms with van der Waals surface area (Å²) >= 11 is 0. The molecule has 0 saturated heterocycles. The summed E-state index contributed by atoms with van der Waals surface area (Å²) < 4.78 is 5.48. The number of carbonyl (C=O) groups is 4. The number of rotatable bonds is 2. The molecule has 0 radical (unpaired) electrons. The van der Waals surface area contributed by atoms with E-state index in [-0.39, 0.29) is 45.6 Å². The first kappa shape index (κ1) is 27.8. The van der Waals surface area contributed by atoms with Crippen molar-refractivity contribution in [3.8, 4) is 0 Å². The van der Waals surface area contributed by atoms with Gasteiger partial charge in [0.25, 0.3) is 0 Å². The lowest BCUT2D eigenvalue weighted by molar-refractivity contribution is -0.219. The van der Waals surface area contributed by atoms with Crippen LogP contribution in [0.3, 0.4) is 0 Å². The maximum Gasteiger partial charge on any atom is 0.312 e. The van der Waals surface area contributed by atoms with E-state index in [4.69, 9.17) is 4.74 Å². The number of hydrogen-bond donors (Lipinski definition) is 0. The first-order chi connectivity index (χ1) is 17.4. The number of aldehydes is 1. The first-order valence-electron chi connectivity index (χ1n) is 14.7. The van der Waals surface area contributed by atoms with Crippen LogP contribution in [0.2, 0.25) is 0 Å². The molecule has 4 fully saturated rings. The van der Waals surface area contributed by atoms with E-state index >= 15 is 0 Å². The standard InChI is InChI=1S/C33H48O5/c1-27(2)12-14-33(26(37)38-9)15-13-31(7)24(32(33,8)19-27)21(35)16-23-29(5)17-20(18-34)25(36)28(3,4)22(29)10-11-30(23,31)6/h16,18,20,22,24H,10-15,17,19H2,1-9H3. The first-order valence-corrected chi connectivity index (χ1v) is 14.7. The molecule has 0 N–H and O–H groups in total. The van der Waals surface area contributed by atoms with Crippen LogP contribution < -0.4 is 0 Å². The van der Waals surface area contributed by atoms with Gasteiger partial charge >= 0.3 is 5.97 Å². The fourth-order valence-corrected chi connectivity index (χ4v) is 11.6. The molecule has 8 atom stereocenters. The Morgan fingerprint density at radius 2 is 1.55 bits per heavy atom. The van der Waals surface area contributed by atoms with Gasteiger partial charge in [0.1, 0.15) is 12.1 Å². The molecule has 0 aromatic carbocycles. The molecule has 210 valence electrons. The molecule has 0 bridgehead atoms. The quantitative estimate of drug-likeness (QED) is 0.233. The Balaban J connectivity index is 1.71. The third kappa shape index (κ3) is 3.05. The molecule has 0 amide bonds. The maximum absolute atomic E-state index is 14.6. The van der Waals surface area contributed by atoms with Crippen LogP contribution in [-0.4, -0.2) is 30.9 Å². The highest BCUT2D eigenvalue weighted by molar-refractivity contribution is 5.99. The van der Waals surface area contributed by atoms with Gasteiger partial charge in [0.05, 0.1) is 18.4 Å². The van der Waals surface area contributed by atoms with Crippen molar-refractivity contribution in [2.45, 2.75) is 107 Å². The van der Waals surface area contributed by atoms with Gasteiger partial charge in [-0.3, -0.25) is 14.4 Å². The number of Topliss-reactive ketones (excluding diaryl/α,β-unsaturated/α-hetero) is 1. The predicted molar refractivity (Wildman–Crippen MR) is 146 cm³/mol.